The lowest BCUT2D eigenvalue weighted by molar-refractivity contribution is -0.153. The predicted molar refractivity (Wildman–Crippen MR) is 134 cm³/mol. The van der Waals surface area contributed by atoms with Crippen LogP contribution in [0.5, 0.6) is 5.75 Å². The number of halogens is 3. The lowest BCUT2D eigenvalue weighted by Gasteiger charge is -2.35. The Morgan fingerprint density at radius 1 is 1.27 bits per heavy atom. The lowest BCUT2D eigenvalue weighted by atomic mass is 9.82. The van der Waals surface area contributed by atoms with Crippen LogP contribution >= 0.6 is 0 Å². The van der Waals surface area contributed by atoms with E-state index in [-0.39, 0.29) is 40.7 Å². The average Bonchev–Trinajstić information content (AvgIpc) is 3.63. The van der Waals surface area contributed by atoms with Crippen molar-refractivity contribution < 1.29 is 32.3 Å². The third-order valence-corrected chi connectivity index (χ3v) is 7.49. The number of nitrogens with zero attached hydrogens (tertiary/aromatic N) is 4. The predicted octanol–water partition coefficient (Wildman–Crippen LogP) is 1.83. The van der Waals surface area contributed by atoms with Crippen LogP contribution in [0.15, 0.2) is 36.5 Å². The molecule has 1 unspecified atom stereocenters. The highest BCUT2D eigenvalue weighted by Crippen LogP contribution is 2.44. The standard InChI is InChI=1S/C27H22F3N7O4/c28-27(29,30)13-41-16-2-3-17-15(9-16)5-7-26(17)10-19-21(24(39)35-26)22(25(40)34-18-6-8-32-23(18)38)37(36-19)20-4-1-14(11-31)12-33-20/h1-4,9,12,18H,5-8,10,13H2,(H,32,38)(H,34,40)(H,35,39)/t18?,26-/m0/s1. The van der Waals surface area contributed by atoms with Gasteiger partial charge in [0.2, 0.25) is 5.91 Å². The van der Waals surface area contributed by atoms with Gasteiger partial charge in [-0.25, -0.2) is 9.67 Å². The first-order valence-corrected chi connectivity index (χ1v) is 12.8. The van der Waals surface area contributed by atoms with E-state index in [1.807, 2.05) is 6.07 Å². The molecule has 0 bridgehead atoms. The number of aromatic nitrogens is 3. The molecular weight excluding hydrogens is 543 g/mol. The number of fused-ring (bicyclic) bond motifs is 3. The van der Waals surface area contributed by atoms with Crippen LogP contribution in [0.2, 0.25) is 0 Å². The number of nitriles is 1. The molecule has 1 saturated heterocycles. The van der Waals surface area contributed by atoms with Crippen LogP contribution in [0.3, 0.4) is 0 Å². The molecule has 3 amide bonds. The van der Waals surface area contributed by atoms with Gasteiger partial charge in [0.25, 0.3) is 11.8 Å². The Morgan fingerprint density at radius 2 is 2.10 bits per heavy atom. The highest BCUT2D eigenvalue weighted by Gasteiger charge is 2.47. The molecule has 1 spiro atoms. The normalized spacial score (nSPS) is 21.1. The second-order valence-electron chi connectivity index (χ2n) is 10.1. The molecule has 0 saturated carbocycles. The van der Waals surface area contributed by atoms with E-state index < -0.39 is 36.2 Å². The van der Waals surface area contributed by atoms with Crippen LogP contribution in [0, 0.1) is 11.3 Å². The van der Waals surface area contributed by atoms with Gasteiger partial charge in [0, 0.05) is 19.2 Å². The maximum atomic E-state index is 13.7. The largest absolute Gasteiger partial charge is 0.484 e. The summed E-state index contributed by atoms with van der Waals surface area (Å²) in [6, 6.07) is 8.82. The highest BCUT2D eigenvalue weighted by molar-refractivity contribution is 6.09. The third kappa shape index (κ3) is 4.73. The van der Waals surface area contributed by atoms with E-state index in [4.69, 9.17) is 10.00 Å². The van der Waals surface area contributed by atoms with Gasteiger partial charge in [-0.05, 0) is 54.7 Å². The minimum absolute atomic E-state index is 0.0382. The Bertz CT molecular complexity index is 1630. The average molecular weight is 566 g/mol. The third-order valence-electron chi connectivity index (χ3n) is 7.49. The zero-order chi connectivity index (χ0) is 28.9. The SMILES string of the molecule is N#Cc1ccc(-n2nc3c(c2C(=O)NC2CCNC2=O)C(=O)N[C@@]2(CCc4cc(OCC(F)(F)F)ccc42)C3)nc1. The molecule has 210 valence electrons. The van der Waals surface area contributed by atoms with Crippen molar-refractivity contribution in [2.45, 2.75) is 43.4 Å². The van der Waals surface area contributed by atoms with Crippen LogP contribution in [0.4, 0.5) is 13.2 Å². The molecule has 3 N–H and O–H groups in total. The van der Waals surface area contributed by atoms with Crippen LogP contribution in [0.1, 0.15) is 56.1 Å². The fraction of sp³-hybridized carbons (Fsp3) is 0.333. The van der Waals surface area contributed by atoms with Crippen LogP contribution in [0.25, 0.3) is 5.82 Å². The number of hydrogen-bond donors (Lipinski definition) is 3. The van der Waals surface area contributed by atoms with E-state index in [9.17, 15) is 27.6 Å². The van der Waals surface area contributed by atoms with Gasteiger partial charge in [-0.1, -0.05) is 6.07 Å². The molecule has 1 aliphatic carbocycles. The molecule has 6 rings (SSSR count). The first-order chi connectivity index (χ1) is 19.6. The van der Waals surface area contributed by atoms with E-state index in [2.05, 4.69) is 26.0 Å². The summed E-state index contributed by atoms with van der Waals surface area (Å²) >= 11 is 0. The molecular formula is C27H22F3N7O4. The van der Waals surface area contributed by atoms with E-state index in [1.165, 1.54) is 29.1 Å². The number of hydrogen-bond acceptors (Lipinski definition) is 7. The van der Waals surface area contributed by atoms with Crippen molar-refractivity contribution in [1.29, 1.82) is 5.26 Å². The number of alkyl halides is 3. The monoisotopic (exact) mass is 565 g/mol. The van der Waals surface area contributed by atoms with Crippen molar-refractivity contribution in [3.8, 4) is 17.6 Å². The molecule has 3 aliphatic rings. The van der Waals surface area contributed by atoms with E-state index in [1.54, 1.807) is 12.1 Å². The smallest absolute Gasteiger partial charge is 0.422 e. The number of rotatable bonds is 5. The number of benzene rings is 1. The summed E-state index contributed by atoms with van der Waals surface area (Å²) in [6.45, 7) is -1.01. The molecule has 1 fully saturated rings. The summed E-state index contributed by atoms with van der Waals surface area (Å²) in [7, 11) is 0. The van der Waals surface area contributed by atoms with Crippen molar-refractivity contribution in [3.63, 3.8) is 0 Å². The van der Waals surface area contributed by atoms with Gasteiger partial charge in [0.15, 0.2) is 12.4 Å². The van der Waals surface area contributed by atoms with Gasteiger partial charge in [0.1, 0.15) is 23.6 Å². The zero-order valence-corrected chi connectivity index (χ0v) is 21.3. The molecule has 0 radical (unpaired) electrons. The van der Waals surface area contributed by atoms with Crippen LogP contribution in [-0.4, -0.2) is 57.9 Å². The number of carbonyl (C=O) groups is 3. The summed E-state index contributed by atoms with van der Waals surface area (Å²) in [5, 5.41) is 22.1. The van der Waals surface area contributed by atoms with Gasteiger partial charge < -0.3 is 20.7 Å². The molecule has 4 heterocycles. The van der Waals surface area contributed by atoms with E-state index >= 15 is 0 Å². The van der Waals surface area contributed by atoms with Gasteiger partial charge >= 0.3 is 6.18 Å². The quantitative estimate of drug-likeness (QED) is 0.427. The Kier molecular flexibility index (Phi) is 6.17. The number of nitrogens with one attached hydrogen (secondary N) is 3. The topological polar surface area (TPSA) is 151 Å². The van der Waals surface area contributed by atoms with E-state index in [0.29, 0.717) is 31.5 Å². The molecule has 2 atom stereocenters. The summed E-state index contributed by atoms with van der Waals surface area (Å²) in [5.74, 6) is -1.31. The molecule has 11 nitrogen and oxygen atoms in total. The first kappa shape index (κ1) is 26.3. The zero-order valence-electron chi connectivity index (χ0n) is 21.3. The Hall–Kier alpha value is -4.93. The fourth-order valence-electron chi connectivity index (χ4n) is 5.64. The Labute approximate surface area is 230 Å². The number of ether oxygens (including phenoxy) is 1. The van der Waals surface area contributed by atoms with Crippen LogP contribution in [-0.2, 0) is 23.2 Å². The Morgan fingerprint density at radius 3 is 2.78 bits per heavy atom. The van der Waals surface area contributed by atoms with E-state index in [0.717, 1.165) is 11.1 Å². The maximum Gasteiger partial charge on any atom is 0.422 e. The maximum absolute atomic E-state index is 13.7. The van der Waals surface area contributed by atoms with Gasteiger partial charge in [-0.2, -0.15) is 23.5 Å². The second kappa shape index (κ2) is 9.61. The van der Waals surface area contributed by atoms with Crippen molar-refractivity contribution in [2.75, 3.05) is 13.2 Å². The van der Waals surface area contributed by atoms with Crippen molar-refractivity contribution in [2.24, 2.45) is 0 Å². The van der Waals surface area contributed by atoms with Crippen molar-refractivity contribution in [3.05, 3.63) is 70.2 Å². The summed E-state index contributed by atoms with van der Waals surface area (Å²) in [6.07, 6.45) is -1.62. The molecule has 2 aliphatic heterocycles. The van der Waals surface area contributed by atoms with Crippen molar-refractivity contribution in [1.82, 2.24) is 30.7 Å². The highest BCUT2D eigenvalue weighted by atomic mass is 19.4. The summed E-state index contributed by atoms with van der Waals surface area (Å²) < 4.78 is 44.0. The minimum atomic E-state index is -4.47. The number of aryl methyl sites for hydroxylation is 1. The molecule has 3 aromatic rings. The molecule has 14 heteroatoms. The number of amides is 3. The first-order valence-electron chi connectivity index (χ1n) is 12.8. The van der Waals surface area contributed by atoms with Gasteiger partial charge in [-0.15, -0.1) is 0 Å². The van der Waals surface area contributed by atoms with Gasteiger partial charge in [-0.3, -0.25) is 14.4 Å². The van der Waals surface area contributed by atoms with Gasteiger partial charge in [0.05, 0.1) is 22.4 Å². The fourth-order valence-corrected chi connectivity index (χ4v) is 5.64. The Balaban J connectivity index is 1.38. The van der Waals surface area contributed by atoms with Crippen LogP contribution < -0.4 is 20.7 Å². The number of carbonyl (C=O) groups excluding carboxylic acids is 3. The molecule has 2 aromatic heterocycles. The summed E-state index contributed by atoms with van der Waals surface area (Å²) in [5.41, 5.74) is 1.14. The molecule has 1 aromatic carbocycles. The second-order valence-corrected chi connectivity index (χ2v) is 10.1. The minimum Gasteiger partial charge on any atom is -0.484 e. The lowest BCUT2D eigenvalue weighted by Crippen LogP contribution is -2.50. The number of pyridine rings is 1. The summed E-state index contributed by atoms with van der Waals surface area (Å²) in [4.78, 5) is 43.6. The molecule has 41 heavy (non-hydrogen) atoms. The van der Waals surface area contributed by atoms with Crippen molar-refractivity contribution >= 4 is 17.7 Å².